The van der Waals surface area contributed by atoms with Crippen LogP contribution in [0.3, 0.4) is 0 Å². The van der Waals surface area contributed by atoms with Gasteiger partial charge in [-0.2, -0.15) is 0 Å². The molecule has 1 amide bonds. The lowest BCUT2D eigenvalue weighted by molar-refractivity contribution is 0.0900. The Labute approximate surface area is 116 Å². The SMILES string of the molecule is CCC(C)(CCN)NC(=O)c1ccc(C(C)C)cc1. The number of carbonyl (C=O) groups is 1. The molecule has 3 nitrogen and oxygen atoms in total. The van der Waals surface area contributed by atoms with Gasteiger partial charge in [0, 0.05) is 11.1 Å². The summed E-state index contributed by atoms with van der Waals surface area (Å²) in [6, 6.07) is 7.82. The first-order valence-electron chi connectivity index (χ1n) is 7.04. The number of benzene rings is 1. The maximum absolute atomic E-state index is 12.2. The molecule has 0 aliphatic heterocycles. The Balaban J connectivity index is 2.77. The van der Waals surface area contributed by atoms with E-state index in [1.54, 1.807) is 0 Å². The van der Waals surface area contributed by atoms with E-state index in [2.05, 4.69) is 26.1 Å². The van der Waals surface area contributed by atoms with Crippen LogP contribution in [0.2, 0.25) is 0 Å². The molecule has 106 valence electrons. The van der Waals surface area contributed by atoms with Gasteiger partial charge in [0.25, 0.3) is 5.91 Å². The molecule has 3 heteroatoms. The Hall–Kier alpha value is -1.35. The van der Waals surface area contributed by atoms with Crippen molar-refractivity contribution >= 4 is 5.91 Å². The van der Waals surface area contributed by atoms with Crippen LogP contribution < -0.4 is 11.1 Å². The van der Waals surface area contributed by atoms with E-state index in [4.69, 9.17) is 5.73 Å². The van der Waals surface area contributed by atoms with Crippen molar-refractivity contribution in [2.24, 2.45) is 5.73 Å². The molecule has 0 heterocycles. The van der Waals surface area contributed by atoms with Gasteiger partial charge < -0.3 is 11.1 Å². The third-order valence-electron chi connectivity index (χ3n) is 3.73. The standard InChI is InChI=1S/C16H26N2O/c1-5-16(4,10-11-17)18-15(19)14-8-6-13(7-9-14)12(2)3/h6-9,12H,5,10-11,17H2,1-4H3,(H,18,19). The van der Waals surface area contributed by atoms with Crippen LogP contribution in [0.1, 0.15) is 62.4 Å². The topological polar surface area (TPSA) is 55.1 Å². The van der Waals surface area contributed by atoms with Crippen LogP contribution >= 0.6 is 0 Å². The van der Waals surface area contributed by atoms with Crippen molar-refractivity contribution in [3.8, 4) is 0 Å². The summed E-state index contributed by atoms with van der Waals surface area (Å²) in [5.41, 5.74) is 7.34. The van der Waals surface area contributed by atoms with Crippen LogP contribution in [0.15, 0.2) is 24.3 Å². The molecule has 19 heavy (non-hydrogen) atoms. The summed E-state index contributed by atoms with van der Waals surface area (Å²) in [7, 11) is 0. The molecule has 1 aromatic carbocycles. The van der Waals surface area contributed by atoms with Crippen molar-refractivity contribution in [1.29, 1.82) is 0 Å². The third-order valence-corrected chi connectivity index (χ3v) is 3.73. The molecule has 0 aromatic heterocycles. The largest absolute Gasteiger partial charge is 0.347 e. The lowest BCUT2D eigenvalue weighted by atomic mass is 9.93. The predicted molar refractivity (Wildman–Crippen MR) is 80.4 cm³/mol. The van der Waals surface area contributed by atoms with Gasteiger partial charge in [-0.1, -0.05) is 32.9 Å². The van der Waals surface area contributed by atoms with Crippen molar-refractivity contribution in [3.63, 3.8) is 0 Å². The third kappa shape index (κ3) is 4.35. The quantitative estimate of drug-likeness (QED) is 0.828. The molecule has 1 aromatic rings. The fourth-order valence-corrected chi connectivity index (χ4v) is 2.01. The summed E-state index contributed by atoms with van der Waals surface area (Å²) in [6.45, 7) is 8.98. The van der Waals surface area contributed by atoms with E-state index in [0.29, 0.717) is 18.0 Å². The number of hydrogen-bond donors (Lipinski definition) is 2. The molecule has 0 aliphatic carbocycles. The predicted octanol–water partition coefficient (Wildman–Crippen LogP) is 3.06. The fourth-order valence-electron chi connectivity index (χ4n) is 2.01. The van der Waals surface area contributed by atoms with Crippen molar-refractivity contribution in [2.75, 3.05) is 6.54 Å². The summed E-state index contributed by atoms with van der Waals surface area (Å²) in [6.07, 6.45) is 1.67. The van der Waals surface area contributed by atoms with Crippen LogP contribution in [0.5, 0.6) is 0 Å². The second-order valence-corrected chi connectivity index (χ2v) is 5.68. The number of amides is 1. The average molecular weight is 262 g/mol. The van der Waals surface area contributed by atoms with Gasteiger partial charge in [-0.15, -0.1) is 0 Å². The molecule has 1 unspecified atom stereocenters. The first kappa shape index (κ1) is 15.7. The summed E-state index contributed by atoms with van der Waals surface area (Å²) in [5.74, 6) is 0.461. The zero-order valence-corrected chi connectivity index (χ0v) is 12.5. The van der Waals surface area contributed by atoms with Crippen LogP contribution in [0.4, 0.5) is 0 Å². The van der Waals surface area contributed by atoms with Crippen molar-refractivity contribution in [1.82, 2.24) is 5.32 Å². The minimum absolute atomic E-state index is 0.0203. The van der Waals surface area contributed by atoms with E-state index in [0.717, 1.165) is 12.8 Å². The van der Waals surface area contributed by atoms with Crippen LogP contribution in [0, 0.1) is 0 Å². The Bertz CT molecular complexity index is 411. The number of rotatable bonds is 6. The number of nitrogens with one attached hydrogen (secondary N) is 1. The number of carbonyl (C=O) groups excluding carboxylic acids is 1. The summed E-state index contributed by atoms with van der Waals surface area (Å²) >= 11 is 0. The van der Waals surface area contributed by atoms with E-state index in [1.807, 2.05) is 31.2 Å². The van der Waals surface area contributed by atoms with E-state index >= 15 is 0 Å². The van der Waals surface area contributed by atoms with Gasteiger partial charge in [0.1, 0.15) is 0 Å². The second-order valence-electron chi connectivity index (χ2n) is 5.68. The minimum Gasteiger partial charge on any atom is -0.347 e. The molecule has 1 atom stereocenters. The Morgan fingerprint density at radius 1 is 1.32 bits per heavy atom. The molecule has 0 saturated carbocycles. The van der Waals surface area contributed by atoms with Gasteiger partial charge >= 0.3 is 0 Å². The zero-order chi connectivity index (χ0) is 14.5. The van der Waals surface area contributed by atoms with E-state index < -0.39 is 0 Å². The smallest absolute Gasteiger partial charge is 0.251 e. The van der Waals surface area contributed by atoms with Gasteiger partial charge in [-0.3, -0.25) is 4.79 Å². The van der Waals surface area contributed by atoms with Gasteiger partial charge in [0.05, 0.1) is 0 Å². The molecule has 0 bridgehead atoms. The van der Waals surface area contributed by atoms with E-state index in [9.17, 15) is 4.79 Å². The minimum atomic E-state index is -0.220. The average Bonchev–Trinajstić information content (AvgIpc) is 2.39. The molecule has 3 N–H and O–H groups in total. The van der Waals surface area contributed by atoms with Crippen LogP contribution in [-0.4, -0.2) is 18.0 Å². The highest BCUT2D eigenvalue weighted by atomic mass is 16.1. The highest BCUT2D eigenvalue weighted by Crippen LogP contribution is 2.17. The van der Waals surface area contributed by atoms with Gasteiger partial charge in [0.2, 0.25) is 0 Å². The number of nitrogens with two attached hydrogens (primary N) is 1. The lowest BCUT2D eigenvalue weighted by Crippen LogP contribution is -2.46. The maximum atomic E-state index is 12.2. The molecular weight excluding hydrogens is 236 g/mol. The maximum Gasteiger partial charge on any atom is 0.251 e. The first-order valence-corrected chi connectivity index (χ1v) is 7.04. The molecular formula is C16H26N2O. The first-order chi connectivity index (χ1) is 8.91. The van der Waals surface area contributed by atoms with E-state index in [-0.39, 0.29) is 11.4 Å². The normalized spacial score (nSPS) is 14.2. The van der Waals surface area contributed by atoms with Gasteiger partial charge in [-0.05, 0) is 49.9 Å². The summed E-state index contributed by atoms with van der Waals surface area (Å²) < 4.78 is 0. The zero-order valence-electron chi connectivity index (χ0n) is 12.5. The summed E-state index contributed by atoms with van der Waals surface area (Å²) in [4.78, 5) is 12.2. The molecule has 1 rings (SSSR count). The number of hydrogen-bond acceptors (Lipinski definition) is 2. The summed E-state index contributed by atoms with van der Waals surface area (Å²) in [5, 5.41) is 3.09. The van der Waals surface area contributed by atoms with Crippen molar-refractivity contribution < 1.29 is 4.79 Å². The van der Waals surface area contributed by atoms with Gasteiger partial charge in [-0.25, -0.2) is 0 Å². The Kier molecular flexibility index (Phi) is 5.55. The fraction of sp³-hybridized carbons (Fsp3) is 0.562. The van der Waals surface area contributed by atoms with Crippen LogP contribution in [0.25, 0.3) is 0 Å². The molecule has 0 radical (unpaired) electrons. The Morgan fingerprint density at radius 3 is 2.32 bits per heavy atom. The Morgan fingerprint density at radius 2 is 1.89 bits per heavy atom. The van der Waals surface area contributed by atoms with Gasteiger partial charge in [0.15, 0.2) is 0 Å². The second kappa shape index (κ2) is 6.71. The molecule has 0 aliphatic rings. The molecule has 0 spiro atoms. The lowest BCUT2D eigenvalue weighted by Gasteiger charge is -2.29. The molecule has 0 fully saturated rings. The highest BCUT2D eigenvalue weighted by molar-refractivity contribution is 5.94. The van der Waals surface area contributed by atoms with Crippen LogP contribution in [-0.2, 0) is 0 Å². The molecule has 0 saturated heterocycles. The monoisotopic (exact) mass is 262 g/mol. The van der Waals surface area contributed by atoms with Crippen molar-refractivity contribution in [2.45, 2.75) is 52.0 Å². The van der Waals surface area contributed by atoms with Crippen molar-refractivity contribution in [3.05, 3.63) is 35.4 Å². The highest BCUT2D eigenvalue weighted by Gasteiger charge is 2.23. The van der Waals surface area contributed by atoms with E-state index in [1.165, 1.54) is 5.56 Å².